The number of nitrogens with one attached hydrogen (secondary N) is 1. The molecule has 1 atom stereocenters. The normalized spacial score (nSPS) is 22.3. The maximum Gasteiger partial charge on any atom is 0.217 e. The van der Waals surface area contributed by atoms with Gasteiger partial charge in [-0.2, -0.15) is 0 Å². The number of para-hydroxylation sites is 1. The van der Waals surface area contributed by atoms with Crippen LogP contribution in [0.3, 0.4) is 0 Å². The number of hydrogen-bond donors (Lipinski definition) is 1. The minimum Gasteiger partial charge on any atom is -0.379 e. The van der Waals surface area contributed by atoms with Gasteiger partial charge in [-0.15, -0.1) is 0 Å². The summed E-state index contributed by atoms with van der Waals surface area (Å²) in [5, 5.41) is 4.72. The first kappa shape index (κ1) is 18.9. The molecule has 2 fully saturated rings. The highest BCUT2D eigenvalue weighted by molar-refractivity contribution is 7.88. The first-order valence-electron chi connectivity index (χ1n) is 9.66. The Balaban J connectivity index is 1.52. The molecular weight excluding hydrogens is 366 g/mol. The van der Waals surface area contributed by atoms with Crippen LogP contribution in [0.2, 0.25) is 0 Å². The number of morpholine rings is 1. The SMILES string of the molecule is CC(NS(=O)(=O)Cc1noc2ccccc12)C1(N2CCOCC2)CCCC1. The third kappa shape index (κ3) is 3.76. The number of rotatable bonds is 6. The van der Waals surface area contributed by atoms with E-state index in [0.717, 1.165) is 44.2 Å². The van der Waals surface area contributed by atoms with Crippen molar-refractivity contribution in [3.8, 4) is 0 Å². The summed E-state index contributed by atoms with van der Waals surface area (Å²) in [5.41, 5.74) is 0.941. The Morgan fingerprint density at radius 3 is 2.67 bits per heavy atom. The van der Waals surface area contributed by atoms with E-state index in [1.54, 1.807) is 6.07 Å². The Hall–Kier alpha value is -1.48. The highest BCUT2D eigenvalue weighted by Gasteiger charge is 2.45. The van der Waals surface area contributed by atoms with Crippen LogP contribution in [-0.2, 0) is 20.5 Å². The van der Waals surface area contributed by atoms with E-state index < -0.39 is 10.0 Å². The third-order valence-electron chi connectivity index (χ3n) is 6.05. The minimum atomic E-state index is -3.54. The molecule has 2 aromatic rings. The van der Waals surface area contributed by atoms with Gasteiger partial charge in [0.25, 0.3) is 0 Å². The minimum absolute atomic E-state index is 0.122. The van der Waals surface area contributed by atoms with Gasteiger partial charge in [-0.05, 0) is 31.9 Å². The second-order valence-corrected chi connectivity index (χ2v) is 9.39. The smallest absolute Gasteiger partial charge is 0.217 e. The van der Waals surface area contributed by atoms with Gasteiger partial charge in [0.1, 0.15) is 11.4 Å². The van der Waals surface area contributed by atoms with Gasteiger partial charge in [0, 0.05) is 30.1 Å². The molecule has 148 valence electrons. The van der Waals surface area contributed by atoms with Crippen LogP contribution in [0, 0.1) is 0 Å². The predicted octanol–water partition coefficient (Wildman–Crippen LogP) is 2.28. The lowest BCUT2D eigenvalue weighted by Crippen LogP contribution is -2.62. The van der Waals surface area contributed by atoms with Gasteiger partial charge in [-0.1, -0.05) is 30.1 Å². The third-order valence-corrected chi connectivity index (χ3v) is 7.42. The zero-order valence-electron chi connectivity index (χ0n) is 15.7. The summed E-state index contributed by atoms with van der Waals surface area (Å²) in [6.45, 7) is 5.15. The van der Waals surface area contributed by atoms with Crippen LogP contribution in [0.4, 0.5) is 0 Å². The van der Waals surface area contributed by atoms with Crippen molar-refractivity contribution in [2.75, 3.05) is 26.3 Å². The molecule has 2 heterocycles. The summed E-state index contributed by atoms with van der Waals surface area (Å²) in [4.78, 5) is 2.43. The van der Waals surface area contributed by atoms with Crippen LogP contribution in [0.5, 0.6) is 0 Å². The molecule has 0 amide bonds. The maximum atomic E-state index is 12.9. The summed E-state index contributed by atoms with van der Waals surface area (Å²) in [6.07, 6.45) is 4.31. The quantitative estimate of drug-likeness (QED) is 0.811. The van der Waals surface area contributed by atoms with E-state index in [4.69, 9.17) is 9.26 Å². The summed E-state index contributed by atoms with van der Waals surface area (Å²) < 4.78 is 39.5. The van der Waals surface area contributed by atoms with Crippen molar-refractivity contribution in [1.29, 1.82) is 0 Å². The molecule has 1 aromatic carbocycles. The Morgan fingerprint density at radius 1 is 1.22 bits per heavy atom. The Kier molecular flexibility index (Phi) is 5.24. The fraction of sp³-hybridized carbons (Fsp3) is 0.632. The van der Waals surface area contributed by atoms with E-state index in [1.807, 2.05) is 25.1 Å². The number of hydrogen-bond acceptors (Lipinski definition) is 6. The number of sulfonamides is 1. The van der Waals surface area contributed by atoms with Gasteiger partial charge in [-0.3, -0.25) is 4.90 Å². The van der Waals surface area contributed by atoms with Gasteiger partial charge in [-0.25, -0.2) is 13.1 Å². The highest BCUT2D eigenvalue weighted by atomic mass is 32.2. The van der Waals surface area contributed by atoms with E-state index in [0.29, 0.717) is 24.5 Å². The second-order valence-electron chi connectivity index (χ2n) is 7.63. The van der Waals surface area contributed by atoms with Crippen LogP contribution in [0.1, 0.15) is 38.3 Å². The molecule has 0 spiro atoms. The molecule has 1 aliphatic carbocycles. The fourth-order valence-electron chi connectivity index (χ4n) is 4.66. The molecule has 2 aliphatic rings. The number of benzene rings is 1. The summed E-state index contributed by atoms with van der Waals surface area (Å²) in [5.74, 6) is -0.173. The van der Waals surface area contributed by atoms with Gasteiger partial charge in [0.2, 0.25) is 10.0 Å². The monoisotopic (exact) mass is 393 g/mol. The van der Waals surface area contributed by atoms with Crippen LogP contribution < -0.4 is 4.72 Å². The second kappa shape index (κ2) is 7.50. The summed E-state index contributed by atoms with van der Waals surface area (Å²) in [6, 6.07) is 7.17. The van der Waals surface area contributed by atoms with E-state index >= 15 is 0 Å². The molecule has 1 aliphatic heterocycles. The molecule has 0 radical (unpaired) electrons. The molecule has 4 rings (SSSR count). The van der Waals surface area contributed by atoms with Crippen molar-refractivity contribution in [3.05, 3.63) is 30.0 Å². The van der Waals surface area contributed by atoms with Gasteiger partial charge in [0.05, 0.1) is 13.2 Å². The molecule has 1 aromatic heterocycles. The van der Waals surface area contributed by atoms with Crippen molar-refractivity contribution in [2.45, 2.75) is 49.9 Å². The van der Waals surface area contributed by atoms with Crippen LogP contribution >= 0.6 is 0 Å². The molecule has 27 heavy (non-hydrogen) atoms. The van der Waals surface area contributed by atoms with E-state index in [9.17, 15) is 8.42 Å². The number of ether oxygens (including phenoxy) is 1. The number of nitrogens with zero attached hydrogens (tertiary/aromatic N) is 2. The number of aromatic nitrogens is 1. The highest BCUT2D eigenvalue weighted by Crippen LogP contribution is 2.39. The van der Waals surface area contributed by atoms with Crippen molar-refractivity contribution >= 4 is 21.0 Å². The van der Waals surface area contributed by atoms with Gasteiger partial charge in [0.15, 0.2) is 5.58 Å². The zero-order valence-corrected chi connectivity index (χ0v) is 16.5. The van der Waals surface area contributed by atoms with Gasteiger partial charge < -0.3 is 9.26 Å². The van der Waals surface area contributed by atoms with Crippen molar-refractivity contribution < 1.29 is 17.7 Å². The molecule has 1 N–H and O–H groups in total. The van der Waals surface area contributed by atoms with Crippen molar-refractivity contribution in [2.24, 2.45) is 0 Å². The van der Waals surface area contributed by atoms with E-state index in [2.05, 4.69) is 14.8 Å². The van der Waals surface area contributed by atoms with Crippen LogP contribution in [-0.4, -0.2) is 56.4 Å². The van der Waals surface area contributed by atoms with Crippen molar-refractivity contribution in [1.82, 2.24) is 14.8 Å². The number of fused-ring (bicyclic) bond motifs is 1. The molecule has 8 heteroatoms. The zero-order chi connectivity index (χ0) is 18.9. The Labute approximate surface area is 160 Å². The van der Waals surface area contributed by atoms with Crippen molar-refractivity contribution in [3.63, 3.8) is 0 Å². The molecule has 1 saturated carbocycles. The van der Waals surface area contributed by atoms with Crippen LogP contribution in [0.15, 0.2) is 28.8 Å². The van der Waals surface area contributed by atoms with Gasteiger partial charge >= 0.3 is 0 Å². The molecular formula is C19H27N3O4S. The lowest BCUT2D eigenvalue weighted by Gasteiger charge is -2.47. The fourth-order valence-corrected chi connectivity index (χ4v) is 6.07. The molecule has 7 nitrogen and oxygen atoms in total. The maximum absolute atomic E-state index is 12.9. The Bertz CT molecular complexity index is 883. The average molecular weight is 394 g/mol. The van der Waals surface area contributed by atoms with E-state index in [-0.39, 0.29) is 17.3 Å². The standard InChI is InChI=1S/C19H27N3O4S/c1-15(19(8-4-5-9-19)22-10-12-25-13-11-22)21-27(23,24)14-17-16-6-2-3-7-18(16)26-20-17/h2-3,6-7,15,21H,4-5,8-14H2,1H3. The lowest BCUT2D eigenvalue weighted by molar-refractivity contribution is -0.0304. The lowest BCUT2D eigenvalue weighted by atomic mass is 9.87. The Morgan fingerprint density at radius 2 is 1.93 bits per heavy atom. The molecule has 1 saturated heterocycles. The molecule has 0 bridgehead atoms. The molecule has 1 unspecified atom stereocenters. The largest absolute Gasteiger partial charge is 0.379 e. The topological polar surface area (TPSA) is 84.7 Å². The summed E-state index contributed by atoms with van der Waals surface area (Å²) >= 11 is 0. The van der Waals surface area contributed by atoms with E-state index in [1.165, 1.54) is 0 Å². The first-order valence-corrected chi connectivity index (χ1v) is 11.3. The average Bonchev–Trinajstić information content (AvgIpc) is 3.31. The first-order chi connectivity index (χ1) is 13.0. The predicted molar refractivity (Wildman–Crippen MR) is 103 cm³/mol. The van der Waals surface area contributed by atoms with Crippen LogP contribution in [0.25, 0.3) is 11.0 Å². The summed E-state index contributed by atoms with van der Waals surface area (Å²) in [7, 11) is -3.54.